The Morgan fingerprint density at radius 1 is 1.29 bits per heavy atom. The molecule has 1 aromatic heterocycles. The summed E-state index contributed by atoms with van der Waals surface area (Å²) < 4.78 is 5.81. The maximum absolute atomic E-state index is 11.8. The zero-order valence-electron chi connectivity index (χ0n) is 9.83. The summed E-state index contributed by atoms with van der Waals surface area (Å²) in [7, 11) is 1.99. The quantitative estimate of drug-likeness (QED) is 0.901. The van der Waals surface area contributed by atoms with Crippen LogP contribution >= 0.6 is 15.9 Å². The van der Waals surface area contributed by atoms with Gasteiger partial charge < -0.3 is 15.1 Å². The molecule has 94 valence electrons. The summed E-state index contributed by atoms with van der Waals surface area (Å²) in [5.74, 6) is 0.247. The summed E-state index contributed by atoms with van der Waals surface area (Å²) in [6.45, 7) is 0. The second-order valence-electron chi connectivity index (χ2n) is 4.41. The standard InChI is InChI=1S/C12H17BrN2O2/c1-14-8-2-4-9(5-3-8)15-12(16)10-6-7-11(13)17-10/h6-9,14H,2-5H2,1H3,(H,15,16). The van der Waals surface area contributed by atoms with Gasteiger partial charge in [0.25, 0.3) is 5.91 Å². The van der Waals surface area contributed by atoms with Gasteiger partial charge in [-0.15, -0.1) is 0 Å². The molecular formula is C12H17BrN2O2. The van der Waals surface area contributed by atoms with Crippen LogP contribution in [0.2, 0.25) is 0 Å². The van der Waals surface area contributed by atoms with E-state index in [1.165, 1.54) is 0 Å². The van der Waals surface area contributed by atoms with Crippen molar-refractivity contribution < 1.29 is 9.21 Å². The van der Waals surface area contributed by atoms with Crippen LogP contribution in [-0.2, 0) is 0 Å². The molecule has 1 aliphatic carbocycles. The molecule has 4 nitrogen and oxygen atoms in total. The van der Waals surface area contributed by atoms with Crippen LogP contribution in [0.25, 0.3) is 0 Å². The fraction of sp³-hybridized carbons (Fsp3) is 0.583. The van der Waals surface area contributed by atoms with Gasteiger partial charge in [-0.2, -0.15) is 0 Å². The Hall–Kier alpha value is -0.810. The van der Waals surface area contributed by atoms with Gasteiger partial charge in [-0.05, 0) is 60.8 Å². The van der Waals surface area contributed by atoms with Gasteiger partial charge in [0.15, 0.2) is 10.4 Å². The minimum atomic E-state index is -0.122. The third kappa shape index (κ3) is 3.33. The molecule has 0 saturated heterocycles. The molecule has 1 fully saturated rings. The molecule has 5 heteroatoms. The Morgan fingerprint density at radius 2 is 1.94 bits per heavy atom. The summed E-state index contributed by atoms with van der Waals surface area (Å²) in [6.07, 6.45) is 4.28. The first-order valence-corrected chi connectivity index (χ1v) is 6.72. The van der Waals surface area contributed by atoms with Crippen molar-refractivity contribution in [3.63, 3.8) is 0 Å². The Kier molecular flexibility index (Phi) is 4.23. The maximum Gasteiger partial charge on any atom is 0.287 e. The van der Waals surface area contributed by atoms with Gasteiger partial charge in [-0.25, -0.2) is 0 Å². The second kappa shape index (κ2) is 5.69. The van der Waals surface area contributed by atoms with Gasteiger partial charge in [0, 0.05) is 12.1 Å². The van der Waals surface area contributed by atoms with Crippen LogP contribution < -0.4 is 10.6 Å². The van der Waals surface area contributed by atoms with Gasteiger partial charge in [0.2, 0.25) is 0 Å². The molecule has 0 spiro atoms. The zero-order chi connectivity index (χ0) is 12.3. The highest BCUT2D eigenvalue weighted by Gasteiger charge is 2.22. The van der Waals surface area contributed by atoms with Crippen LogP contribution in [-0.4, -0.2) is 25.0 Å². The number of carbonyl (C=O) groups excluding carboxylic acids is 1. The third-order valence-corrected chi connectivity index (χ3v) is 3.69. The zero-order valence-corrected chi connectivity index (χ0v) is 11.4. The molecule has 17 heavy (non-hydrogen) atoms. The number of hydrogen-bond donors (Lipinski definition) is 2. The topological polar surface area (TPSA) is 54.3 Å². The van der Waals surface area contributed by atoms with Crippen molar-refractivity contribution in [3.05, 3.63) is 22.6 Å². The van der Waals surface area contributed by atoms with E-state index in [1.807, 2.05) is 7.05 Å². The lowest BCUT2D eigenvalue weighted by molar-refractivity contribution is 0.0895. The van der Waals surface area contributed by atoms with Crippen LogP contribution in [0.3, 0.4) is 0 Å². The summed E-state index contributed by atoms with van der Waals surface area (Å²) in [5.41, 5.74) is 0. The highest BCUT2D eigenvalue weighted by molar-refractivity contribution is 9.10. The van der Waals surface area contributed by atoms with E-state index >= 15 is 0 Å². The van der Waals surface area contributed by atoms with E-state index in [2.05, 4.69) is 26.6 Å². The largest absolute Gasteiger partial charge is 0.444 e. The molecule has 1 heterocycles. The van der Waals surface area contributed by atoms with E-state index < -0.39 is 0 Å². The lowest BCUT2D eigenvalue weighted by atomic mass is 9.91. The molecular weight excluding hydrogens is 284 g/mol. The lowest BCUT2D eigenvalue weighted by Gasteiger charge is -2.28. The molecule has 2 rings (SSSR count). The van der Waals surface area contributed by atoms with E-state index in [1.54, 1.807) is 12.1 Å². The molecule has 0 aromatic carbocycles. The fourth-order valence-electron chi connectivity index (χ4n) is 2.22. The fourth-order valence-corrected chi connectivity index (χ4v) is 2.53. The number of nitrogens with one attached hydrogen (secondary N) is 2. The Balaban J connectivity index is 1.84. The average Bonchev–Trinajstić information content (AvgIpc) is 2.77. The van der Waals surface area contributed by atoms with Crippen LogP contribution in [0, 0.1) is 0 Å². The van der Waals surface area contributed by atoms with E-state index in [-0.39, 0.29) is 11.9 Å². The Morgan fingerprint density at radius 3 is 2.47 bits per heavy atom. The summed E-state index contributed by atoms with van der Waals surface area (Å²) in [4.78, 5) is 11.8. The van der Waals surface area contributed by atoms with Crippen molar-refractivity contribution in [1.29, 1.82) is 0 Å². The van der Waals surface area contributed by atoms with Crippen molar-refractivity contribution in [3.8, 4) is 0 Å². The first kappa shape index (κ1) is 12.6. The molecule has 1 aromatic rings. The number of halogens is 1. The van der Waals surface area contributed by atoms with Crippen LogP contribution in [0.5, 0.6) is 0 Å². The number of carbonyl (C=O) groups is 1. The smallest absolute Gasteiger partial charge is 0.287 e. The molecule has 2 N–H and O–H groups in total. The molecule has 0 atom stereocenters. The van der Waals surface area contributed by atoms with Crippen molar-refractivity contribution in [2.45, 2.75) is 37.8 Å². The normalized spacial score (nSPS) is 24.6. The number of hydrogen-bond acceptors (Lipinski definition) is 3. The van der Waals surface area contributed by atoms with Gasteiger partial charge in [-0.1, -0.05) is 0 Å². The SMILES string of the molecule is CNC1CCC(NC(=O)c2ccc(Br)o2)CC1. The summed E-state index contributed by atoms with van der Waals surface area (Å²) >= 11 is 3.19. The van der Waals surface area contributed by atoms with E-state index in [4.69, 9.17) is 4.42 Å². The number of amides is 1. The predicted molar refractivity (Wildman–Crippen MR) is 69.0 cm³/mol. The minimum Gasteiger partial charge on any atom is -0.444 e. The second-order valence-corrected chi connectivity index (χ2v) is 5.20. The first-order valence-electron chi connectivity index (χ1n) is 5.92. The average molecular weight is 301 g/mol. The first-order chi connectivity index (χ1) is 8.19. The molecule has 1 saturated carbocycles. The molecule has 1 amide bonds. The van der Waals surface area contributed by atoms with Crippen molar-refractivity contribution in [1.82, 2.24) is 10.6 Å². The lowest BCUT2D eigenvalue weighted by Crippen LogP contribution is -2.41. The van der Waals surface area contributed by atoms with E-state index in [0.717, 1.165) is 25.7 Å². The maximum atomic E-state index is 11.8. The molecule has 0 unspecified atom stereocenters. The molecule has 1 aliphatic rings. The molecule has 0 bridgehead atoms. The Bertz CT molecular complexity index is 384. The Labute approximate surface area is 109 Å². The van der Waals surface area contributed by atoms with Crippen molar-refractivity contribution in [2.75, 3.05) is 7.05 Å². The highest BCUT2D eigenvalue weighted by atomic mass is 79.9. The number of furan rings is 1. The van der Waals surface area contributed by atoms with Gasteiger partial charge in [0.05, 0.1) is 0 Å². The van der Waals surface area contributed by atoms with Gasteiger partial charge in [-0.3, -0.25) is 4.79 Å². The van der Waals surface area contributed by atoms with Gasteiger partial charge in [0.1, 0.15) is 0 Å². The van der Waals surface area contributed by atoms with Crippen LogP contribution in [0.1, 0.15) is 36.2 Å². The van der Waals surface area contributed by atoms with Crippen molar-refractivity contribution >= 4 is 21.8 Å². The number of rotatable bonds is 3. The van der Waals surface area contributed by atoms with Crippen LogP contribution in [0.4, 0.5) is 0 Å². The summed E-state index contributed by atoms with van der Waals surface area (Å²) in [5, 5.41) is 6.29. The van der Waals surface area contributed by atoms with Gasteiger partial charge >= 0.3 is 0 Å². The third-order valence-electron chi connectivity index (χ3n) is 3.27. The van der Waals surface area contributed by atoms with Crippen LogP contribution in [0.15, 0.2) is 21.2 Å². The predicted octanol–water partition coefficient (Wildman–Crippen LogP) is 2.30. The minimum absolute atomic E-state index is 0.122. The monoisotopic (exact) mass is 300 g/mol. The van der Waals surface area contributed by atoms with Crippen molar-refractivity contribution in [2.24, 2.45) is 0 Å². The van der Waals surface area contributed by atoms with E-state index in [9.17, 15) is 4.79 Å². The van der Waals surface area contributed by atoms with E-state index in [0.29, 0.717) is 16.5 Å². The highest BCUT2D eigenvalue weighted by Crippen LogP contribution is 2.19. The molecule has 0 aliphatic heterocycles. The summed E-state index contributed by atoms with van der Waals surface area (Å²) in [6, 6.07) is 4.28. The molecule has 0 radical (unpaired) electrons.